The molecule has 2 N–H and O–H groups in total. The number of anilines is 4. The Labute approximate surface area is 189 Å². The summed E-state index contributed by atoms with van der Waals surface area (Å²) in [6.45, 7) is 1.88. The van der Waals surface area contributed by atoms with Crippen LogP contribution in [0.4, 0.5) is 23.5 Å². The molecule has 0 radical (unpaired) electrons. The minimum Gasteiger partial charge on any atom is -0.496 e. The van der Waals surface area contributed by atoms with Crippen molar-refractivity contribution in [2.24, 2.45) is 5.10 Å². The van der Waals surface area contributed by atoms with Crippen LogP contribution in [-0.2, 0) is 0 Å². The summed E-state index contributed by atoms with van der Waals surface area (Å²) in [4.78, 5) is 15.9. The molecule has 8 nitrogen and oxygen atoms in total. The molecule has 1 aliphatic heterocycles. The number of nitrogens with one attached hydrogen (secondary N) is 2. The number of hydrazone groups is 1. The number of aromatic nitrogens is 3. The highest BCUT2D eigenvalue weighted by Crippen LogP contribution is 2.25. The van der Waals surface area contributed by atoms with E-state index < -0.39 is 0 Å². The van der Waals surface area contributed by atoms with Crippen LogP contribution in [-0.4, -0.2) is 41.4 Å². The Bertz CT molecular complexity index is 1040. The molecule has 0 atom stereocenters. The maximum atomic E-state index is 5.26. The van der Waals surface area contributed by atoms with Crippen molar-refractivity contribution in [1.82, 2.24) is 15.0 Å². The summed E-state index contributed by atoms with van der Waals surface area (Å²) in [5, 5.41) is 7.56. The van der Waals surface area contributed by atoms with Gasteiger partial charge in [0.25, 0.3) is 0 Å². The maximum Gasteiger partial charge on any atom is 0.250 e. The van der Waals surface area contributed by atoms with Crippen molar-refractivity contribution in [1.29, 1.82) is 0 Å². The zero-order valence-corrected chi connectivity index (χ0v) is 18.8. The Balaban J connectivity index is 1.54. The van der Waals surface area contributed by atoms with Crippen molar-refractivity contribution >= 4 is 45.7 Å². The van der Waals surface area contributed by atoms with Gasteiger partial charge in [-0.1, -0.05) is 18.2 Å². The maximum absolute atomic E-state index is 5.26. The van der Waals surface area contributed by atoms with Crippen LogP contribution in [0.1, 0.15) is 24.8 Å². The Kier molecular flexibility index (Phi) is 6.93. The molecule has 0 aliphatic carbocycles. The Hall–Kier alpha value is -3.20. The first kappa shape index (κ1) is 21.0. The average molecular weight is 482 g/mol. The van der Waals surface area contributed by atoms with Crippen LogP contribution in [0.5, 0.6) is 5.75 Å². The quantitative estimate of drug-likeness (QED) is 0.369. The van der Waals surface area contributed by atoms with Crippen LogP contribution in [0.25, 0.3) is 0 Å². The highest BCUT2D eigenvalue weighted by atomic mass is 79.9. The predicted octanol–water partition coefficient (Wildman–Crippen LogP) is 4.82. The summed E-state index contributed by atoms with van der Waals surface area (Å²) < 4.78 is 6.12. The first-order valence-electron chi connectivity index (χ1n) is 10.2. The Morgan fingerprint density at radius 2 is 1.77 bits per heavy atom. The van der Waals surface area contributed by atoms with Gasteiger partial charge < -0.3 is 15.0 Å². The fourth-order valence-electron chi connectivity index (χ4n) is 3.28. The smallest absolute Gasteiger partial charge is 0.250 e. The molecule has 0 saturated carbocycles. The lowest BCUT2D eigenvalue weighted by Crippen LogP contribution is -2.31. The molecule has 0 amide bonds. The molecule has 2 heterocycles. The SMILES string of the molecule is COc1ccc(C=NNc2nc(Nc3ccccc3)nc(N3CCCCC3)n2)cc1Br. The summed E-state index contributed by atoms with van der Waals surface area (Å²) in [5.74, 6) is 2.29. The van der Waals surface area contributed by atoms with Crippen LogP contribution in [0.15, 0.2) is 58.1 Å². The number of piperidine rings is 1. The van der Waals surface area contributed by atoms with E-state index in [2.05, 4.69) is 51.6 Å². The van der Waals surface area contributed by atoms with Crippen molar-refractivity contribution in [3.05, 3.63) is 58.6 Å². The molecule has 1 aliphatic rings. The average Bonchev–Trinajstić information content (AvgIpc) is 2.80. The van der Waals surface area contributed by atoms with E-state index in [1.807, 2.05) is 48.5 Å². The molecule has 0 unspecified atom stereocenters. The van der Waals surface area contributed by atoms with Gasteiger partial charge in [-0.25, -0.2) is 5.43 Å². The summed E-state index contributed by atoms with van der Waals surface area (Å²) >= 11 is 3.48. The van der Waals surface area contributed by atoms with E-state index in [4.69, 9.17) is 4.74 Å². The number of halogens is 1. The van der Waals surface area contributed by atoms with Crippen molar-refractivity contribution in [3.63, 3.8) is 0 Å². The van der Waals surface area contributed by atoms with Crippen LogP contribution < -0.4 is 20.4 Å². The third-order valence-corrected chi connectivity index (χ3v) is 5.47. The number of nitrogens with zero attached hydrogens (tertiary/aromatic N) is 5. The first-order valence-corrected chi connectivity index (χ1v) is 11.0. The minimum absolute atomic E-state index is 0.387. The molecule has 3 aromatic rings. The minimum atomic E-state index is 0.387. The van der Waals surface area contributed by atoms with Gasteiger partial charge in [0, 0.05) is 18.8 Å². The fourth-order valence-corrected chi connectivity index (χ4v) is 3.84. The first-order chi connectivity index (χ1) is 15.2. The van der Waals surface area contributed by atoms with Gasteiger partial charge in [0.15, 0.2) is 0 Å². The summed E-state index contributed by atoms with van der Waals surface area (Å²) in [6, 6.07) is 15.6. The van der Waals surface area contributed by atoms with Gasteiger partial charge in [-0.15, -0.1) is 0 Å². The Morgan fingerprint density at radius 1 is 1.00 bits per heavy atom. The zero-order valence-electron chi connectivity index (χ0n) is 17.3. The standard InChI is InChI=1S/C22H24BrN7O/c1-31-19-11-10-16(14-18(19)23)15-24-29-21-26-20(25-17-8-4-2-5-9-17)27-22(28-21)30-12-6-3-7-13-30/h2,4-5,8-11,14-15H,3,6-7,12-13H2,1H3,(H2,25,26,27,28,29). The van der Waals surface area contributed by atoms with Crippen molar-refractivity contribution in [3.8, 4) is 5.75 Å². The normalized spacial score (nSPS) is 13.9. The van der Waals surface area contributed by atoms with Crippen molar-refractivity contribution in [2.45, 2.75) is 19.3 Å². The third-order valence-electron chi connectivity index (χ3n) is 4.85. The molecule has 160 valence electrons. The molecule has 1 aromatic heterocycles. The van der Waals surface area contributed by atoms with Crippen LogP contribution in [0.2, 0.25) is 0 Å². The summed E-state index contributed by atoms with van der Waals surface area (Å²) in [7, 11) is 1.64. The van der Waals surface area contributed by atoms with E-state index in [1.165, 1.54) is 6.42 Å². The van der Waals surface area contributed by atoms with Crippen LogP contribution >= 0.6 is 15.9 Å². The highest BCUT2D eigenvalue weighted by molar-refractivity contribution is 9.10. The van der Waals surface area contributed by atoms with Crippen molar-refractivity contribution < 1.29 is 4.74 Å². The summed E-state index contributed by atoms with van der Waals surface area (Å²) in [5.41, 5.74) is 4.76. The van der Waals surface area contributed by atoms with Gasteiger partial charge in [0.05, 0.1) is 17.8 Å². The number of hydrogen-bond donors (Lipinski definition) is 2. The van der Waals surface area contributed by atoms with Gasteiger partial charge in [-0.05, 0) is 71.1 Å². The predicted molar refractivity (Wildman–Crippen MR) is 128 cm³/mol. The second-order valence-corrected chi connectivity index (χ2v) is 7.94. The van der Waals surface area contributed by atoms with Gasteiger partial charge in [0.2, 0.25) is 17.8 Å². The van der Waals surface area contributed by atoms with E-state index in [0.29, 0.717) is 17.8 Å². The molecular weight excluding hydrogens is 458 g/mol. The molecular formula is C22H24BrN7O. The van der Waals surface area contributed by atoms with Crippen LogP contribution in [0.3, 0.4) is 0 Å². The lowest BCUT2D eigenvalue weighted by Gasteiger charge is -2.26. The molecule has 2 aromatic carbocycles. The highest BCUT2D eigenvalue weighted by Gasteiger charge is 2.16. The lowest BCUT2D eigenvalue weighted by molar-refractivity contribution is 0.412. The second-order valence-electron chi connectivity index (χ2n) is 7.09. The molecule has 0 bridgehead atoms. The fraction of sp³-hybridized carbons (Fsp3) is 0.273. The topological polar surface area (TPSA) is 87.6 Å². The zero-order chi connectivity index (χ0) is 21.5. The molecule has 0 spiro atoms. The van der Waals surface area contributed by atoms with E-state index in [-0.39, 0.29) is 0 Å². The number of benzene rings is 2. The second kappa shape index (κ2) is 10.2. The number of para-hydroxylation sites is 1. The number of rotatable bonds is 7. The molecule has 4 rings (SSSR count). The molecule has 1 fully saturated rings. The molecule has 9 heteroatoms. The van der Waals surface area contributed by atoms with Gasteiger partial charge >= 0.3 is 0 Å². The largest absolute Gasteiger partial charge is 0.496 e. The van der Waals surface area contributed by atoms with Crippen LogP contribution in [0, 0.1) is 0 Å². The Morgan fingerprint density at radius 3 is 2.52 bits per heavy atom. The van der Waals surface area contributed by atoms with E-state index in [1.54, 1.807) is 13.3 Å². The van der Waals surface area contributed by atoms with Gasteiger partial charge in [0.1, 0.15) is 5.75 Å². The summed E-state index contributed by atoms with van der Waals surface area (Å²) in [6.07, 6.45) is 5.23. The lowest BCUT2D eigenvalue weighted by atomic mass is 10.1. The van der Waals surface area contributed by atoms with E-state index in [9.17, 15) is 0 Å². The van der Waals surface area contributed by atoms with Gasteiger partial charge in [-0.2, -0.15) is 20.1 Å². The number of ether oxygens (including phenoxy) is 1. The monoisotopic (exact) mass is 481 g/mol. The van der Waals surface area contributed by atoms with E-state index >= 15 is 0 Å². The van der Waals surface area contributed by atoms with E-state index in [0.717, 1.165) is 47.4 Å². The number of methoxy groups -OCH3 is 1. The molecule has 1 saturated heterocycles. The molecule has 31 heavy (non-hydrogen) atoms. The van der Waals surface area contributed by atoms with Crippen molar-refractivity contribution in [2.75, 3.05) is 35.8 Å². The third kappa shape index (κ3) is 5.69. The number of hydrogen-bond acceptors (Lipinski definition) is 8. The van der Waals surface area contributed by atoms with Gasteiger partial charge in [-0.3, -0.25) is 0 Å².